The van der Waals surface area contributed by atoms with Crippen molar-refractivity contribution in [3.63, 3.8) is 0 Å². The Bertz CT molecular complexity index is 1700. The van der Waals surface area contributed by atoms with Crippen molar-refractivity contribution in [3.05, 3.63) is 155 Å². The third-order valence-corrected chi connectivity index (χ3v) is 7.86. The Kier molecular flexibility index (Phi) is 6.80. The van der Waals surface area contributed by atoms with Gasteiger partial charge < -0.3 is 0 Å². The molecule has 0 heterocycles. The van der Waals surface area contributed by atoms with Crippen LogP contribution in [0.2, 0.25) is 0 Å². The second-order valence-corrected chi connectivity index (χ2v) is 10.6. The highest BCUT2D eigenvalue weighted by Crippen LogP contribution is 2.37. The lowest BCUT2D eigenvalue weighted by atomic mass is 9.84. The first kappa shape index (κ1) is 24.2. The van der Waals surface area contributed by atoms with Crippen LogP contribution in [0.1, 0.15) is 33.4 Å². The Balaban J connectivity index is 1.49. The summed E-state index contributed by atoms with van der Waals surface area (Å²) in [6, 6.07) is 45.2. The second kappa shape index (κ2) is 10.7. The average Bonchev–Trinajstić information content (AvgIpc) is 2.96. The van der Waals surface area contributed by atoms with E-state index in [0.717, 1.165) is 25.7 Å². The van der Waals surface area contributed by atoms with Gasteiger partial charge in [-0.25, -0.2) is 0 Å². The molecule has 0 atom stereocenters. The van der Waals surface area contributed by atoms with Crippen molar-refractivity contribution >= 4 is 21.5 Å². The molecule has 0 amide bonds. The molecule has 0 aliphatic heterocycles. The van der Waals surface area contributed by atoms with Crippen LogP contribution in [0.3, 0.4) is 0 Å². The highest BCUT2D eigenvalue weighted by Gasteiger charge is 2.16. The van der Waals surface area contributed by atoms with E-state index in [1.807, 2.05) is 0 Å². The molecule has 6 aromatic rings. The minimum atomic E-state index is 1.02. The molecule has 0 saturated heterocycles. The van der Waals surface area contributed by atoms with E-state index in [1.54, 1.807) is 0 Å². The van der Waals surface area contributed by atoms with Crippen molar-refractivity contribution in [2.24, 2.45) is 0 Å². The van der Waals surface area contributed by atoms with E-state index in [9.17, 15) is 0 Å². The molecule has 0 fully saturated rings. The van der Waals surface area contributed by atoms with Crippen LogP contribution < -0.4 is 0 Å². The van der Waals surface area contributed by atoms with Crippen LogP contribution in [-0.4, -0.2) is 0 Å². The predicted molar refractivity (Wildman–Crippen MR) is 164 cm³/mol. The summed E-state index contributed by atoms with van der Waals surface area (Å²) in [5, 5.41) is 5.31. The summed E-state index contributed by atoms with van der Waals surface area (Å²) in [5.41, 5.74) is 11.1. The maximum Gasteiger partial charge on any atom is -0.0113 e. The molecule has 0 saturated carbocycles. The standard InChI is InChI=1S/C38H34/c1-27-11-15-29(16-12-27)19-21-34-26-33-9-5-6-10-36(33)37(24-20-30-17-13-28(2)14-18-30)38(34)35-23-22-31-7-3-4-8-32(31)25-35/h3-18,22-23,25-26H,19-21,24H2,1-2H3. The summed E-state index contributed by atoms with van der Waals surface area (Å²) in [5.74, 6) is 0. The van der Waals surface area contributed by atoms with Crippen LogP contribution in [0.5, 0.6) is 0 Å². The minimum absolute atomic E-state index is 1.02. The summed E-state index contributed by atoms with van der Waals surface area (Å²) in [4.78, 5) is 0. The number of rotatable bonds is 7. The van der Waals surface area contributed by atoms with Gasteiger partial charge in [0.1, 0.15) is 0 Å². The quantitative estimate of drug-likeness (QED) is 0.209. The van der Waals surface area contributed by atoms with Gasteiger partial charge >= 0.3 is 0 Å². The summed E-state index contributed by atoms with van der Waals surface area (Å²) in [7, 11) is 0. The lowest BCUT2D eigenvalue weighted by Crippen LogP contribution is -2.02. The lowest BCUT2D eigenvalue weighted by Gasteiger charge is -2.20. The number of benzene rings is 6. The SMILES string of the molecule is Cc1ccc(CCc2cc3ccccc3c(CCc3ccc(C)cc3)c2-c2ccc3ccccc3c2)cc1. The van der Waals surface area contributed by atoms with Gasteiger partial charge in [0.25, 0.3) is 0 Å². The Morgan fingerprint density at radius 3 is 1.71 bits per heavy atom. The highest BCUT2D eigenvalue weighted by atomic mass is 14.2. The molecule has 0 heteroatoms. The molecule has 0 aliphatic rings. The van der Waals surface area contributed by atoms with Gasteiger partial charge in [0.15, 0.2) is 0 Å². The summed E-state index contributed by atoms with van der Waals surface area (Å²) < 4.78 is 0. The molecule has 0 N–H and O–H groups in total. The second-order valence-electron chi connectivity index (χ2n) is 10.6. The van der Waals surface area contributed by atoms with Crippen LogP contribution in [-0.2, 0) is 25.7 Å². The Labute approximate surface area is 226 Å². The first-order chi connectivity index (χ1) is 18.6. The third kappa shape index (κ3) is 5.13. The normalized spacial score (nSPS) is 11.3. The smallest absolute Gasteiger partial charge is 0.0113 e. The first-order valence-corrected chi connectivity index (χ1v) is 13.8. The van der Waals surface area contributed by atoms with E-state index >= 15 is 0 Å². The van der Waals surface area contributed by atoms with Crippen LogP contribution >= 0.6 is 0 Å². The van der Waals surface area contributed by atoms with Crippen LogP contribution in [0, 0.1) is 13.8 Å². The number of hydrogen-bond donors (Lipinski definition) is 0. The Morgan fingerprint density at radius 2 is 1.03 bits per heavy atom. The van der Waals surface area contributed by atoms with Gasteiger partial charge in [0.05, 0.1) is 0 Å². The highest BCUT2D eigenvalue weighted by molar-refractivity contribution is 5.96. The van der Waals surface area contributed by atoms with Crippen molar-refractivity contribution in [3.8, 4) is 11.1 Å². The number of hydrogen-bond acceptors (Lipinski definition) is 0. The van der Waals surface area contributed by atoms with Gasteiger partial charge in [-0.2, -0.15) is 0 Å². The van der Waals surface area contributed by atoms with E-state index in [0.29, 0.717) is 0 Å². The van der Waals surface area contributed by atoms with Crippen molar-refractivity contribution in [1.82, 2.24) is 0 Å². The first-order valence-electron chi connectivity index (χ1n) is 13.8. The van der Waals surface area contributed by atoms with Crippen molar-refractivity contribution in [2.45, 2.75) is 39.5 Å². The van der Waals surface area contributed by atoms with Gasteiger partial charge in [-0.1, -0.05) is 126 Å². The lowest BCUT2D eigenvalue weighted by molar-refractivity contribution is 0.941. The molecule has 0 aromatic heterocycles. The van der Waals surface area contributed by atoms with E-state index < -0.39 is 0 Å². The molecule has 0 bridgehead atoms. The van der Waals surface area contributed by atoms with E-state index in [-0.39, 0.29) is 0 Å². The molecular weight excluding hydrogens is 456 g/mol. The maximum absolute atomic E-state index is 2.45. The number of fused-ring (bicyclic) bond motifs is 2. The van der Waals surface area contributed by atoms with E-state index in [1.165, 1.54) is 66.1 Å². The molecule has 38 heavy (non-hydrogen) atoms. The fourth-order valence-corrected chi connectivity index (χ4v) is 5.71. The monoisotopic (exact) mass is 490 g/mol. The molecule has 0 nitrogen and oxygen atoms in total. The molecular formula is C38H34. The van der Waals surface area contributed by atoms with Gasteiger partial charge in [-0.05, 0) is 101 Å². The Hall–Kier alpha value is -4.16. The van der Waals surface area contributed by atoms with Crippen molar-refractivity contribution in [2.75, 3.05) is 0 Å². The van der Waals surface area contributed by atoms with Crippen molar-refractivity contribution < 1.29 is 0 Å². The van der Waals surface area contributed by atoms with Crippen molar-refractivity contribution in [1.29, 1.82) is 0 Å². The molecule has 0 spiro atoms. The molecule has 0 aliphatic carbocycles. The van der Waals surface area contributed by atoms with E-state index in [4.69, 9.17) is 0 Å². The Morgan fingerprint density at radius 1 is 0.447 bits per heavy atom. The molecule has 0 unspecified atom stereocenters. The molecule has 6 aromatic carbocycles. The largest absolute Gasteiger partial charge is 0.0616 e. The summed E-state index contributed by atoms with van der Waals surface area (Å²) >= 11 is 0. The van der Waals surface area contributed by atoms with Gasteiger partial charge in [0, 0.05) is 0 Å². The van der Waals surface area contributed by atoms with E-state index in [2.05, 4.69) is 135 Å². The fourth-order valence-electron chi connectivity index (χ4n) is 5.71. The predicted octanol–water partition coefficient (Wildman–Crippen LogP) is 9.85. The van der Waals surface area contributed by atoms with Crippen LogP contribution in [0.4, 0.5) is 0 Å². The fraction of sp³-hybridized carbons (Fsp3) is 0.158. The average molecular weight is 491 g/mol. The minimum Gasteiger partial charge on any atom is -0.0616 e. The van der Waals surface area contributed by atoms with Gasteiger partial charge in [-0.3, -0.25) is 0 Å². The third-order valence-electron chi connectivity index (χ3n) is 7.86. The maximum atomic E-state index is 2.45. The number of aryl methyl sites for hydroxylation is 6. The summed E-state index contributed by atoms with van der Waals surface area (Å²) in [6.45, 7) is 4.32. The topological polar surface area (TPSA) is 0 Å². The molecule has 0 radical (unpaired) electrons. The van der Waals surface area contributed by atoms with Crippen LogP contribution in [0.25, 0.3) is 32.7 Å². The zero-order valence-electron chi connectivity index (χ0n) is 22.4. The van der Waals surface area contributed by atoms with Gasteiger partial charge in [-0.15, -0.1) is 0 Å². The summed E-state index contributed by atoms with van der Waals surface area (Å²) in [6.07, 6.45) is 4.11. The molecule has 186 valence electrons. The molecule has 6 rings (SSSR count). The zero-order chi connectivity index (χ0) is 25.9. The van der Waals surface area contributed by atoms with Crippen LogP contribution in [0.15, 0.2) is 121 Å². The zero-order valence-corrected chi connectivity index (χ0v) is 22.4. The van der Waals surface area contributed by atoms with Gasteiger partial charge in [0.2, 0.25) is 0 Å².